The summed E-state index contributed by atoms with van der Waals surface area (Å²) in [5.41, 5.74) is 9.39. The first kappa shape index (κ1) is 12.9. The van der Waals surface area contributed by atoms with Gasteiger partial charge in [-0.3, -0.25) is 5.01 Å². The van der Waals surface area contributed by atoms with Crippen LogP contribution in [0, 0.1) is 5.92 Å². The largest absolute Gasteiger partial charge is 0.378 e. The fourth-order valence-electron chi connectivity index (χ4n) is 2.19. The summed E-state index contributed by atoms with van der Waals surface area (Å²) in [6, 6.07) is 0. The molecule has 0 aromatic heterocycles. The number of nitrogens with one attached hydrogen (secondary N) is 1. The van der Waals surface area contributed by atoms with Gasteiger partial charge in [0.25, 0.3) is 0 Å². The van der Waals surface area contributed by atoms with Gasteiger partial charge in [0.1, 0.15) is 0 Å². The molecular weight excluding hydrogens is 190 g/mol. The highest BCUT2D eigenvalue weighted by atomic mass is 16.5. The van der Waals surface area contributed by atoms with Crippen molar-refractivity contribution in [3.63, 3.8) is 0 Å². The molecule has 0 spiro atoms. The molecule has 0 aliphatic carbocycles. The molecule has 1 fully saturated rings. The Balaban J connectivity index is 2.63. The second kappa shape index (κ2) is 5.25. The molecule has 1 aliphatic rings. The molecule has 0 aromatic carbocycles. The molecule has 4 nitrogen and oxygen atoms in total. The summed E-state index contributed by atoms with van der Waals surface area (Å²) in [5, 5.41) is 2.00. The molecule has 15 heavy (non-hydrogen) atoms. The lowest BCUT2D eigenvalue weighted by Crippen LogP contribution is -2.60. The average Bonchev–Trinajstić information content (AvgIpc) is 2.17. The van der Waals surface area contributed by atoms with Crippen LogP contribution in [-0.4, -0.2) is 43.9 Å². The summed E-state index contributed by atoms with van der Waals surface area (Å²) in [7, 11) is 4.02. The summed E-state index contributed by atoms with van der Waals surface area (Å²) in [4.78, 5) is 0. The fourth-order valence-corrected chi connectivity index (χ4v) is 2.19. The van der Waals surface area contributed by atoms with E-state index in [1.807, 2.05) is 19.1 Å². The van der Waals surface area contributed by atoms with Crippen molar-refractivity contribution in [3.05, 3.63) is 0 Å². The zero-order valence-electron chi connectivity index (χ0n) is 10.4. The van der Waals surface area contributed by atoms with E-state index in [9.17, 15) is 0 Å². The van der Waals surface area contributed by atoms with Gasteiger partial charge >= 0.3 is 0 Å². The number of ether oxygens (including phenoxy) is 1. The van der Waals surface area contributed by atoms with Crippen molar-refractivity contribution in [3.8, 4) is 0 Å². The summed E-state index contributed by atoms with van der Waals surface area (Å²) < 4.78 is 5.76. The van der Waals surface area contributed by atoms with Crippen LogP contribution >= 0.6 is 0 Å². The molecule has 0 saturated carbocycles. The van der Waals surface area contributed by atoms with Crippen molar-refractivity contribution < 1.29 is 4.74 Å². The summed E-state index contributed by atoms with van der Waals surface area (Å²) in [6.45, 7) is 5.87. The maximum atomic E-state index is 5.90. The van der Waals surface area contributed by atoms with Gasteiger partial charge in [-0.25, -0.2) is 5.43 Å². The molecule has 4 heteroatoms. The van der Waals surface area contributed by atoms with E-state index in [1.54, 1.807) is 0 Å². The molecular formula is C11H25N3O. The highest BCUT2D eigenvalue weighted by Gasteiger charge is 2.37. The Bertz CT molecular complexity index is 196. The molecule has 0 bridgehead atoms. The van der Waals surface area contributed by atoms with Crippen LogP contribution in [0.25, 0.3) is 0 Å². The first-order valence-corrected chi connectivity index (χ1v) is 5.76. The van der Waals surface area contributed by atoms with Gasteiger partial charge in [0, 0.05) is 32.8 Å². The van der Waals surface area contributed by atoms with E-state index in [0.29, 0.717) is 18.6 Å². The lowest BCUT2D eigenvalue weighted by atomic mass is 9.84. The lowest BCUT2D eigenvalue weighted by Gasteiger charge is -2.43. The van der Waals surface area contributed by atoms with Crippen molar-refractivity contribution in [2.24, 2.45) is 11.7 Å². The molecule has 1 rings (SSSR count). The minimum Gasteiger partial charge on any atom is -0.378 e. The van der Waals surface area contributed by atoms with E-state index in [-0.39, 0.29) is 5.54 Å². The van der Waals surface area contributed by atoms with E-state index in [1.165, 1.54) is 0 Å². The Labute approximate surface area is 93.1 Å². The van der Waals surface area contributed by atoms with E-state index < -0.39 is 0 Å². The quantitative estimate of drug-likeness (QED) is 0.674. The van der Waals surface area contributed by atoms with Gasteiger partial charge in [-0.2, -0.15) is 0 Å². The van der Waals surface area contributed by atoms with Gasteiger partial charge in [-0.1, -0.05) is 13.8 Å². The zero-order valence-corrected chi connectivity index (χ0v) is 10.4. The van der Waals surface area contributed by atoms with Gasteiger partial charge in [-0.15, -0.1) is 0 Å². The second-order valence-electron chi connectivity index (χ2n) is 5.10. The number of rotatable bonds is 4. The van der Waals surface area contributed by atoms with Gasteiger partial charge < -0.3 is 10.5 Å². The lowest BCUT2D eigenvalue weighted by molar-refractivity contribution is -0.0633. The molecule has 2 unspecified atom stereocenters. The topological polar surface area (TPSA) is 50.5 Å². The Morgan fingerprint density at radius 1 is 1.53 bits per heavy atom. The van der Waals surface area contributed by atoms with E-state index >= 15 is 0 Å². The third-order valence-electron chi connectivity index (χ3n) is 3.10. The standard InChI is InChI=1S/C11H25N3O/c1-9(2)10-7-11(8-12,5-6-15-10)13-14(3)4/h9-10,13H,5-8,12H2,1-4H3. The summed E-state index contributed by atoms with van der Waals surface area (Å²) >= 11 is 0. The second-order valence-corrected chi connectivity index (χ2v) is 5.10. The van der Waals surface area contributed by atoms with Gasteiger partial charge in [0.15, 0.2) is 0 Å². The van der Waals surface area contributed by atoms with Crippen LogP contribution in [0.3, 0.4) is 0 Å². The van der Waals surface area contributed by atoms with Crippen LogP contribution in [0.15, 0.2) is 0 Å². The van der Waals surface area contributed by atoms with Crippen molar-refractivity contribution in [2.45, 2.75) is 38.3 Å². The van der Waals surface area contributed by atoms with E-state index in [0.717, 1.165) is 19.4 Å². The predicted octanol–water partition coefficient (Wildman–Crippen LogP) is 0.585. The van der Waals surface area contributed by atoms with Crippen molar-refractivity contribution >= 4 is 0 Å². The minimum absolute atomic E-state index is 0.0245. The van der Waals surface area contributed by atoms with Crippen LogP contribution in [0.1, 0.15) is 26.7 Å². The summed E-state index contributed by atoms with van der Waals surface area (Å²) in [6.07, 6.45) is 2.32. The Kier molecular flexibility index (Phi) is 4.52. The third-order valence-corrected chi connectivity index (χ3v) is 3.10. The van der Waals surface area contributed by atoms with Crippen molar-refractivity contribution in [2.75, 3.05) is 27.2 Å². The Morgan fingerprint density at radius 3 is 2.67 bits per heavy atom. The maximum Gasteiger partial charge on any atom is 0.0616 e. The van der Waals surface area contributed by atoms with Crippen molar-refractivity contribution in [1.29, 1.82) is 0 Å². The molecule has 1 aliphatic heterocycles. The number of nitrogens with zero attached hydrogens (tertiary/aromatic N) is 1. The highest BCUT2D eigenvalue weighted by Crippen LogP contribution is 2.27. The summed E-state index contributed by atoms with van der Waals surface area (Å²) in [5.74, 6) is 0.556. The van der Waals surface area contributed by atoms with Crippen LogP contribution in [0.2, 0.25) is 0 Å². The molecule has 1 heterocycles. The monoisotopic (exact) mass is 215 g/mol. The minimum atomic E-state index is 0.0245. The first-order chi connectivity index (χ1) is 6.99. The van der Waals surface area contributed by atoms with Gasteiger partial charge in [0.2, 0.25) is 0 Å². The molecule has 3 N–H and O–H groups in total. The predicted molar refractivity (Wildman–Crippen MR) is 62.4 cm³/mol. The maximum absolute atomic E-state index is 5.90. The molecule has 90 valence electrons. The first-order valence-electron chi connectivity index (χ1n) is 5.76. The van der Waals surface area contributed by atoms with Gasteiger partial charge in [-0.05, 0) is 18.8 Å². The number of hydrazine groups is 1. The highest BCUT2D eigenvalue weighted by molar-refractivity contribution is 4.93. The SMILES string of the molecule is CC(C)C1CC(CN)(NN(C)C)CCO1. The molecule has 0 radical (unpaired) electrons. The number of hydrogen-bond acceptors (Lipinski definition) is 4. The van der Waals surface area contributed by atoms with E-state index in [2.05, 4.69) is 19.3 Å². The molecule has 0 aromatic rings. The molecule has 0 amide bonds. The van der Waals surface area contributed by atoms with Crippen LogP contribution < -0.4 is 11.2 Å². The zero-order chi connectivity index (χ0) is 11.5. The third kappa shape index (κ3) is 3.41. The van der Waals surface area contributed by atoms with Crippen LogP contribution in [0.4, 0.5) is 0 Å². The Hall–Kier alpha value is -0.160. The Morgan fingerprint density at radius 2 is 2.20 bits per heavy atom. The number of hydrogen-bond donors (Lipinski definition) is 2. The van der Waals surface area contributed by atoms with Gasteiger partial charge in [0.05, 0.1) is 6.10 Å². The molecule has 1 saturated heterocycles. The van der Waals surface area contributed by atoms with Crippen LogP contribution in [-0.2, 0) is 4.74 Å². The van der Waals surface area contributed by atoms with Crippen LogP contribution in [0.5, 0.6) is 0 Å². The average molecular weight is 215 g/mol. The van der Waals surface area contributed by atoms with Crippen molar-refractivity contribution in [1.82, 2.24) is 10.4 Å². The van der Waals surface area contributed by atoms with E-state index in [4.69, 9.17) is 10.5 Å². The smallest absolute Gasteiger partial charge is 0.0616 e. The fraction of sp³-hybridized carbons (Fsp3) is 1.00. The normalized spacial score (nSPS) is 32.6. The number of nitrogens with two attached hydrogens (primary N) is 1. The molecule has 2 atom stereocenters.